The number of hydrogen-bond donors (Lipinski definition) is 6. The zero-order valence-corrected chi connectivity index (χ0v) is 28.0. The Morgan fingerprint density at radius 1 is 0.551 bits per heavy atom. The smallest absolute Gasteiger partial charge is 0.414 e. The van der Waals surface area contributed by atoms with E-state index in [4.69, 9.17) is 39.6 Å². The maximum atomic E-state index is 9.69. The van der Waals surface area contributed by atoms with Crippen LogP contribution >= 0.6 is 0 Å². The lowest BCUT2D eigenvalue weighted by Crippen LogP contribution is -2.29. The number of aliphatic carboxylic acids is 4. The van der Waals surface area contributed by atoms with Crippen molar-refractivity contribution >= 4 is 45.7 Å². The van der Waals surface area contributed by atoms with Gasteiger partial charge in [-0.25, -0.2) is 19.2 Å². The van der Waals surface area contributed by atoms with Crippen LogP contribution in [0.15, 0.2) is 48.8 Å². The predicted molar refractivity (Wildman–Crippen MR) is 182 cm³/mol. The van der Waals surface area contributed by atoms with E-state index in [1.54, 1.807) is 12.1 Å². The number of phenols is 2. The number of aromatic hydroxyl groups is 2. The first-order chi connectivity index (χ1) is 22.6. The Hall–Kier alpha value is -5.12. The van der Waals surface area contributed by atoms with Gasteiger partial charge in [-0.2, -0.15) is 0 Å². The van der Waals surface area contributed by atoms with Gasteiger partial charge in [0.15, 0.2) is 0 Å². The maximum absolute atomic E-state index is 9.69. The predicted octanol–water partition coefficient (Wildman–Crippen LogP) is 2.87. The number of benzene rings is 2. The molecule has 0 unspecified atom stereocenters. The molecule has 15 nitrogen and oxygen atoms in total. The van der Waals surface area contributed by atoms with Gasteiger partial charge in [-0.05, 0) is 125 Å². The van der Waals surface area contributed by atoms with Crippen molar-refractivity contribution in [3.05, 3.63) is 59.9 Å². The van der Waals surface area contributed by atoms with Crippen LogP contribution in [-0.4, -0.2) is 119 Å². The monoisotopic (exact) mass is 686 g/mol. The van der Waals surface area contributed by atoms with E-state index < -0.39 is 23.9 Å². The summed E-state index contributed by atoms with van der Waals surface area (Å²) in [5.41, 5.74) is 5.22. The van der Waals surface area contributed by atoms with Crippen LogP contribution in [0.2, 0.25) is 0 Å². The number of rotatable bonds is 2. The van der Waals surface area contributed by atoms with Gasteiger partial charge >= 0.3 is 23.9 Å². The molecule has 2 aromatic heterocycles. The third-order valence-electron chi connectivity index (χ3n) is 8.69. The Labute approximate surface area is 283 Å². The van der Waals surface area contributed by atoms with E-state index in [0.717, 1.165) is 0 Å². The van der Waals surface area contributed by atoms with Crippen molar-refractivity contribution < 1.29 is 55.3 Å². The fourth-order valence-electron chi connectivity index (χ4n) is 6.11. The van der Waals surface area contributed by atoms with Gasteiger partial charge in [0, 0.05) is 48.3 Å². The highest BCUT2D eigenvalue weighted by atomic mass is 16.4. The Balaban J connectivity index is 0.000000254. The van der Waals surface area contributed by atoms with Gasteiger partial charge < -0.3 is 55.0 Å². The Kier molecular flexibility index (Phi) is 14.6. The van der Waals surface area contributed by atoms with E-state index in [0.29, 0.717) is 23.3 Å². The van der Waals surface area contributed by atoms with Gasteiger partial charge in [-0.15, -0.1) is 0 Å². The summed E-state index contributed by atoms with van der Waals surface area (Å²) in [7, 11) is 8.53. The molecular weight excluding hydrogens is 640 g/mol. The van der Waals surface area contributed by atoms with Crippen LogP contribution in [0.1, 0.15) is 48.6 Å². The van der Waals surface area contributed by atoms with E-state index >= 15 is 0 Å². The quantitative estimate of drug-likeness (QED) is 0.167. The lowest BCUT2D eigenvalue weighted by atomic mass is 9.89. The summed E-state index contributed by atoms with van der Waals surface area (Å²) in [6, 6.07) is 11.3. The van der Waals surface area contributed by atoms with E-state index in [1.165, 1.54) is 84.8 Å². The molecule has 0 atom stereocenters. The third kappa shape index (κ3) is 11.0. The van der Waals surface area contributed by atoms with Crippen molar-refractivity contribution in [3.63, 3.8) is 0 Å². The van der Waals surface area contributed by atoms with E-state index in [2.05, 4.69) is 59.5 Å². The number of aryl methyl sites for hydroxylation is 2. The standard InChI is InChI=1S/2C15H20N2O.2C2H2O4.H2O/c2*1-16-7-5-11(6-8-16)14-10-17(2)15-4-3-12(18)9-13(14)15;2*3-1(4)2(5)6;/h2*3-4,9-11,18H,5-8H2,1-2H3;2*(H,3,4)(H,5,6);1H2. The molecule has 0 saturated carbocycles. The number of hydrogen-bond acceptors (Lipinski definition) is 8. The van der Waals surface area contributed by atoms with Crippen LogP contribution in [-0.2, 0) is 33.3 Å². The van der Waals surface area contributed by atoms with Crippen LogP contribution in [0.25, 0.3) is 21.8 Å². The van der Waals surface area contributed by atoms with Gasteiger partial charge in [-0.1, -0.05) is 0 Å². The lowest BCUT2D eigenvalue weighted by molar-refractivity contribution is -0.159. The van der Waals surface area contributed by atoms with Gasteiger partial charge in [0.05, 0.1) is 0 Å². The van der Waals surface area contributed by atoms with Crippen LogP contribution in [0.5, 0.6) is 11.5 Å². The second-order valence-electron chi connectivity index (χ2n) is 12.2. The van der Waals surface area contributed by atoms with Crippen LogP contribution < -0.4 is 0 Å². The fourth-order valence-corrected chi connectivity index (χ4v) is 6.11. The number of piperidine rings is 2. The summed E-state index contributed by atoms with van der Waals surface area (Å²) in [6.45, 7) is 4.67. The van der Waals surface area contributed by atoms with Gasteiger partial charge in [0.1, 0.15) is 11.5 Å². The lowest BCUT2D eigenvalue weighted by Gasteiger charge is -2.28. The fraction of sp³-hybridized carbons (Fsp3) is 0.412. The molecule has 0 aliphatic carbocycles. The first kappa shape index (κ1) is 40.1. The minimum Gasteiger partial charge on any atom is -0.508 e. The number of carbonyl (C=O) groups is 4. The average molecular weight is 687 g/mol. The molecule has 0 amide bonds. The number of carboxylic acid groups (broad SMARTS) is 4. The van der Waals surface area contributed by atoms with E-state index in [-0.39, 0.29) is 5.48 Å². The highest BCUT2D eigenvalue weighted by molar-refractivity contribution is 6.27. The zero-order chi connectivity index (χ0) is 35.7. The zero-order valence-electron chi connectivity index (χ0n) is 28.0. The van der Waals surface area contributed by atoms with Crippen molar-refractivity contribution in [1.82, 2.24) is 18.9 Å². The number of likely N-dealkylation sites (tertiary alicyclic amines) is 2. The maximum Gasteiger partial charge on any atom is 0.414 e. The van der Waals surface area contributed by atoms with Crippen molar-refractivity contribution in [1.29, 1.82) is 0 Å². The largest absolute Gasteiger partial charge is 0.508 e. The molecule has 2 aliphatic heterocycles. The molecular formula is C34H46N4O11. The molecule has 8 N–H and O–H groups in total. The van der Waals surface area contributed by atoms with E-state index in [1.807, 2.05) is 24.3 Å². The summed E-state index contributed by atoms with van der Waals surface area (Å²) in [4.78, 5) is 41.2. The topological polar surface area (TPSA) is 237 Å². The average Bonchev–Trinajstić information content (AvgIpc) is 3.54. The SMILES string of the molecule is CN1CCC(c2cn(C)c3ccc(O)cc23)CC1.CN1CCC(c2cn(C)c3ccc(O)cc23)CC1.O.O=C(O)C(=O)O.O=C(O)C(=O)O. The van der Waals surface area contributed by atoms with Crippen LogP contribution in [0.3, 0.4) is 0 Å². The Morgan fingerprint density at radius 3 is 1.10 bits per heavy atom. The second kappa shape index (κ2) is 17.9. The molecule has 0 bridgehead atoms. The number of nitrogens with zero attached hydrogens (tertiary/aromatic N) is 4. The summed E-state index contributed by atoms with van der Waals surface area (Å²) in [6.07, 6.45) is 9.33. The molecule has 2 fully saturated rings. The normalized spacial score (nSPS) is 15.4. The molecule has 0 spiro atoms. The van der Waals surface area contributed by atoms with Gasteiger partial charge in [0.25, 0.3) is 0 Å². The first-order valence-electron chi connectivity index (χ1n) is 15.4. The van der Waals surface area contributed by atoms with Gasteiger partial charge in [0.2, 0.25) is 0 Å². The van der Waals surface area contributed by atoms with Gasteiger partial charge in [-0.3, -0.25) is 0 Å². The summed E-state index contributed by atoms with van der Waals surface area (Å²) in [5.74, 6) is -5.31. The molecule has 2 aromatic carbocycles. The van der Waals surface area contributed by atoms with Crippen molar-refractivity contribution in [2.75, 3.05) is 40.3 Å². The molecule has 0 radical (unpaired) electrons. The van der Waals surface area contributed by atoms with Crippen LogP contribution in [0.4, 0.5) is 0 Å². The van der Waals surface area contributed by atoms with Crippen molar-refractivity contribution in [2.24, 2.45) is 14.1 Å². The second-order valence-corrected chi connectivity index (χ2v) is 12.2. The highest BCUT2D eigenvalue weighted by Crippen LogP contribution is 2.36. The molecule has 4 heterocycles. The number of carboxylic acids is 4. The van der Waals surface area contributed by atoms with Crippen molar-refractivity contribution in [3.8, 4) is 11.5 Å². The highest BCUT2D eigenvalue weighted by Gasteiger charge is 2.23. The molecule has 2 aliphatic rings. The van der Waals surface area contributed by atoms with E-state index in [9.17, 15) is 10.2 Å². The molecule has 268 valence electrons. The number of fused-ring (bicyclic) bond motifs is 2. The Bertz CT molecular complexity index is 1600. The third-order valence-corrected chi connectivity index (χ3v) is 8.69. The molecule has 2 saturated heterocycles. The minimum atomic E-state index is -1.82. The van der Waals surface area contributed by atoms with Crippen LogP contribution in [0, 0.1) is 0 Å². The molecule has 6 rings (SSSR count). The Morgan fingerprint density at radius 2 is 0.837 bits per heavy atom. The summed E-state index contributed by atoms with van der Waals surface area (Å²) >= 11 is 0. The molecule has 4 aromatic rings. The molecule has 15 heteroatoms. The number of phenolic OH excluding ortho intramolecular Hbond substituents is 2. The number of aromatic nitrogens is 2. The minimum absolute atomic E-state index is 0. The van der Waals surface area contributed by atoms with Crippen molar-refractivity contribution in [2.45, 2.75) is 37.5 Å². The molecule has 49 heavy (non-hydrogen) atoms. The summed E-state index contributed by atoms with van der Waals surface area (Å²) in [5, 5.41) is 51.4. The summed E-state index contributed by atoms with van der Waals surface area (Å²) < 4.78 is 4.34. The first-order valence-corrected chi connectivity index (χ1v) is 15.4.